The van der Waals surface area contributed by atoms with E-state index in [9.17, 15) is 0 Å². The van der Waals surface area contributed by atoms with Crippen LogP contribution in [0, 0.1) is 0 Å². The average molecular weight is 363 g/mol. The molecule has 21 heavy (non-hydrogen) atoms. The Morgan fingerprint density at radius 3 is 2.81 bits per heavy atom. The second kappa shape index (κ2) is 6.34. The van der Waals surface area contributed by atoms with Gasteiger partial charge in [0, 0.05) is 32.5 Å². The Kier molecular flexibility index (Phi) is 4.48. The van der Waals surface area contributed by atoms with Gasteiger partial charge in [-0.15, -0.1) is 11.3 Å². The van der Waals surface area contributed by atoms with Gasteiger partial charge in [0.15, 0.2) is 0 Å². The second-order valence-corrected chi connectivity index (χ2v) is 7.22. The molecule has 0 spiro atoms. The van der Waals surface area contributed by atoms with E-state index in [1.165, 1.54) is 25.8 Å². The van der Waals surface area contributed by atoms with Crippen molar-refractivity contribution >= 4 is 38.2 Å². The first kappa shape index (κ1) is 14.8. The zero-order chi connectivity index (χ0) is 14.8. The summed E-state index contributed by atoms with van der Waals surface area (Å²) in [6, 6.07) is 10.9. The van der Waals surface area contributed by atoms with E-state index in [0.717, 1.165) is 19.4 Å². The van der Waals surface area contributed by atoms with E-state index < -0.39 is 0 Å². The fourth-order valence-corrected chi connectivity index (χ4v) is 4.11. The fourth-order valence-electron chi connectivity index (χ4n) is 2.64. The van der Waals surface area contributed by atoms with E-state index in [1.807, 2.05) is 0 Å². The van der Waals surface area contributed by atoms with Crippen LogP contribution in [-0.2, 0) is 13.0 Å². The summed E-state index contributed by atoms with van der Waals surface area (Å²) in [6.45, 7) is 3.05. The second-order valence-electron chi connectivity index (χ2n) is 5.36. The molecule has 2 heterocycles. The summed E-state index contributed by atoms with van der Waals surface area (Å²) in [7, 11) is 0. The Labute approximate surface area is 137 Å². The summed E-state index contributed by atoms with van der Waals surface area (Å²) < 4.78 is 3.53. The van der Waals surface area contributed by atoms with Crippen molar-refractivity contribution in [3.63, 3.8) is 0 Å². The molecular weight excluding hydrogens is 344 g/mol. The highest BCUT2D eigenvalue weighted by molar-refractivity contribution is 9.10. The predicted octanol–water partition coefficient (Wildman–Crippen LogP) is 4.79. The summed E-state index contributed by atoms with van der Waals surface area (Å²) >= 11 is 5.41. The highest BCUT2D eigenvalue weighted by atomic mass is 79.9. The number of aromatic nitrogens is 1. The molecule has 110 valence electrons. The summed E-state index contributed by atoms with van der Waals surface area (Å²) in [5, 5.41) is 3.45. The van der Waals surface area contributed by atoms with Crippen molar-refractivity contribution < 1.29 is 0 Å². The Morgan fingerprint density at radius 1 is 1.29 bits per heavy atom. The van der Waals surface area contributed by atoms with Gasteiger partial charge in [0.25, 0.3) is 0 Å². The van der Waals surface area contributed by atoms with Crippen LogP contribution in [0.15, 0.2) is 46.4 Å². The van der Waals surface area contributed by atoms with Gasteiger partial charge in [0.05, 0.1) is 6.54 Å². The SMILES string of the molecule is CCC(N)Cc1cn(Cc2sccc2Br)c2ccccc12. The molecule has 2 aromatic heterocycles. The third kappa shape index (κ3) is 3.07. The van der Waals surface area contributed by atoms with Crippen LogP contribution >= 0.6 is 27.3 Å². The highest BCUT2D eigenvalue weighted by Gasteiger charge is 2.12. The van der Waals surface area contributed by atoms with E-state index in [1.54, 1.807) is 11.3 Å². The molecule has 1 aromatic carbocycles. The number of fused-ring (bicyclic) bond motifs is 1. The normalized spacial score (nSPS) is 12.9. The van der Waals surface area contributed by atoms with Gasteiger partial charge in [-0.1, -0.05) is 25.1 Å². The Morgan fingerprint density at radius 2 is 2.10 bits per heavy atom. The maximum atomic E-state index is 6.15. The minimum absolute atomic E-state index is 0.234. The van der Waals surface area contributed by atoms with E-state index in [-0.39, 0.29) is 6.04 Å². The van der Waals surface area contributed by atoms with Gasteiger partial charge in [-0.3, -0.25) is 0 Å². The lowest BCUT2D eigenvalue weighted by atomic mass is 10.0. The first-order valence-electron chi connectivity index (χ1n) is 7.23. The van der Waals surface area contributed by atoms with Crippen LogP contribution in [0.5, 0.6) is 0 Å². The number of hydrogen-bond donors (Lipinski definition) is 1. The van der Waals surface area contributed by atoms with Gasteiger partial charge < -0.3 is 10.3 Å². The maximum Gasteiger partial charge on any atom is 0.0580 e. The molecular formula is C17H19BrN2S. The van der Waals surface area contributed by atoms with Crippen LogP contribution in [-0.4, -0.2) is 10.6 Å². The summed E-state index contributed by atoms with van der Waals surface area (Å²) in [5.74, 6) is 0. The molecule has 0 amide bonds. The molecule has 2 nitrogen and oxygen atoms in total. The number of hydrogen-bond acceptors (Lipinski definition) is 2. The molecule has 0 aliphatic carbocycles. The van der Waals surface area contributed by atoms with Crippen molar-refractivity contribution in [3.8, 4) is 0 Å². The molecule has 2 N–H and O–H groups in total. The van der Waals surface area contributed by atoms with Crippen molar-refractivity contribution in [1.29, 1.82) is 0 Å². The molecule has 3 rings (SSSR count). The van der Waals surface area contributed by atoms with Crippen LogP contribution in [0.1, 0.15) is 23.8 Å². The smallest absolute Gasteiger partial charge is 0.0580 e. The van der Waals surface area contributed by atoms with E-state index in [2.05, 4.69) is 69.3 Å². The molecule has 4 heteroatoms. The van der Waals surface area contributed by atoms with Crippen molar-refractivity contribution in [1.82, 2.24) is 4.57 Å². The topological polar surface area (TPSA) is 30.9 Å². The number of para-hydroxylation sites is 1. The van der Waals surface area contributed by atoms with Crippen LogP contribution in [0.25, 0.3) is 10.9 Å². The Bertz CT molecular complexity index is 744. The molecule has 3 aromatic rings. The highest BCUT2D eigenvalue weighted by Crippen LogP contribution is 2.28. The van der Waals surface area contributed by atoms with Crippen LogP contribution in [0.3, 0.4) is 0 Å². The fraction of sp³-hybridized carbons (Fsp3) is 0.294. The van der Waals surface area contributed by atoms with Crippen molar-refractivity contribution in [2.24, 2.45) is 5.73 Å². The molecule has 1 atom stereocenters. The van der Waals surface area contributed by atoms with Gasteiger partial charge in [0.1, 0.15) is 0 Å². The number of rotatable bonds is 5. The summed E-state index contributed by atoms with van der Waals surface area (Å²) in [5.41, 5.74) is 8.79. The van der Waals surface area contributed by atoms with Crippen LogP contribution < -0.4 is 5.73 Å². The number of nitrogens with two attached hydrogens (primary N) is 1. The number of nitrogens with zero attached hydrogens (tertiary/aromatic N) is 1. The molecule has 0 aliphatic rings. The van der Waals surface area contributed by atoms with Gasteiger partial charge in [-0.2, -0.15) is 0 Å². The lowest BCUT2D eigenvalue weighted by Gasteiger charge is -2.06. The van der Waals surface area contributed by atoms with Crippen LogP contribution in [0.2, 0.25) is 0 Å². The molecule has 0 radical (unpaired) electrons. The van der Waals surface area contributed by atoms with E-state index >= 15 is 0 Å². The van der Waals surface area contributed by atoms with E-state index in [0.29, 0.717) is 0 Å². The van der Waals surface area contributed by atoms with Gasteiger partial charge in [0.2, 0.25) is 0 Å². The molecule has 0 fully saturated rings. The molecule has 0 aliphatic heterocycles. The van der Waals surface area contributed by atoms with E-state index in [4.69, 9.17) is 5.73 Å². The monoisotopic (exact) mass is 362 g/mol. The third-order valence-electron chi connectivity index (χ3n) is 3.88. The number of thiophene rings is 1. The average Bonchev–Trinajstić information content (AvgIpc) is 3.05. The number of benzene rings is 1. The van der Waals surface area contributed by atoms with Crippen molar-refractivity contribution in [3.05, 3.63) is 56.8 Å². The molecule has 1 unspecified atom stereocenters. The Balaban J connectivity index is 2.00. The standard InChI is InChI=1S/C17H19BrN2S/c1-2-13(19)9-12-10-20(11-17-15(18)7-8-21-17)16-6-4-3-5-14(12)16/h3-8,10,13H,2,9,11,19H2,1H3. The molecule has 0 saturated carbocycles. The number of halogens is 1. The van der Waals surface area contributed by atoms with Gasteiger partial charge in [-0.05, 0) is 51.8 Å². The third-order valence-corrected chi connectivity index (χ3v) is 5.79. The largest absolute Gasteiger partial charge is 0.342 e. The Hall–Kier alpha value is -1.10. The minimum atomic E-state index is 0.234. The summed E-state index contributed by atoms with van der Waals surface area (Å²) in [6.07, 6.45) is 4.22. The van der Waals surface area contributed by atoms with Crippen molar-refractivity contribution in [2.75, 3.05) is 0 Å². The zero-order valence-electron chi connectivity index (χ0n) is 12.1. The minimum Gasteiger partial charge on any atom is -0.342 e. The van der Waals surface area contributed by atoms with Crippen LogP contribution in [0.4, 0.5) is 0 Å². The molecule has 0 saturated heterocycles. The van der Waals surface area contributed by atoms with Gasteiger partial charge in [-0.25, -0.2) is 0 Å². The lowest BCUT2D eigenvalue weighted by molar-refractivity contribution is 0.646. The summed E-state index contributed by atoms with van der Waals surface area (Å²) in [4.78, 5) is 1.35. The zero-order valence-corrected chi connectivity index (χ0v) is 14.5. The quantitative estimate of drug-likeness (QED) is 0.694. The first-order chi connectivity index (χ1) is 10.2. The maximum absolute atomic E-state index is 6.15. The van der Waals surface area contributed by atoms with Gasteiger partial charge >= 0.3 is 0 Å². The lowest BCUT2D eigenvalue weighted by Crippen LogP contribution is -2.21. The molecule has 0 bridgehead atoms. The first-order valence-corrected chi connectivity index (χ1v) is 8.90. The predicted molar refractivity (Wildman–Crippen MR) is 95.0 cm³/mol. The van der Waals surface area contributed by atoms with Crippen molar-refractivity contribution in [2.45, 2.75) is 32.4 Å².